The van der Waals surface area contributed by atoms with Crippen molar-refractivity contribution >= 4 is 69.1 Å². The Balaban J connectivity index is 1.46. The second kappa shape index (κ2) is 15.6. The highest BCUT2D eigenvalue weighted by molar-refractivity contribution is 6.20. The molecule has 284 valence electrons. The van der Waals surface area contributed by atoms with E-state index in [0.717, 1.165) is 11.4 Å². The molecule has 1 atom stereocenters. The van der Waals surface area contributed by atoms with E-state index in [2.05, 4.69) is 15.8 Å². The SMILES string of the molecule is COC(=O)c1c(C)[nH]c2c(OC(=O)N(C)CC(=O)NNC(=O)OC(C)(C)C)cc3c(c12)[C@H](CCl)CN3C(=O)c1cc2cc(OCCN(C)C)ccc2o1. The Labute approximate surface area is 310 Å². The van der Waals surface area contributed by atoms with Crippen LogP contribution in [0.25, 0.3) is 21.9 Å². The van der Waals surface area contributed by atoms with Crippen molar-refractivity contribution in [3.63, 3.8) is 0 Å². The van der Waals surface area contributed by atoms with Crippen molar-refractivity contribution < 1.29 is 47.3 Å². The normalized spacial score (nSPS) is 13.9. The van der Waals surface area contributed by atoms with Crippen molar-refractivity contribution in [1.29, 1.82) is 0 Å². The van der Waals surface area contributed by atoms with Gasteiger partial charge in [-0.2, -0.15) is 0 Å². The monoisotopic (exact) mass is 754 g/mol. The van der Waals surface area contributed by atoms with Gasteiger partial charge in [-0.15, -0.1) is 11.6 Å². The molecule has 0 unspecified atom stereocenters. The number of carbonyl (C=O) groups excluding carboxylic acids is 5. The summed E-state index contributed by atoms with van der Waals surface area (Å²) in [4.78, 5) is 72.7. The Morgan fingerprint density at radius 2 is 1.81 bits per heavy atom. The van der Waals surface area contributed by atoms with Crippen LogP contribution in [0.4, 0.5) is 15.3 Å². The second-order valence-electron chi connectivity index (χ2n) is 13.8. The zero-order chi connectivity index (χ0) is 38.8. The van der Waals surface area contributed by atoms with E-state index in [1.54, 1.807) is 52.0 Å². The van der Waals surface area contributed by atoms with Crippen LogP contribution >= 0.6 is 11.6 Å². The largest absolute Gasteiger partial charge is 0.492 e. The number of rotatable bonds is 10. The highest BCUT2D eigenvalue weighted by Crippen LogP contribution is 2.48. The first-order valence-electron chi connectivity index (χ1n) is 16.7. The van der Waals surface area contributed by atoms with Crippen LogP contribution in [0.1, 0.15) is 58.9 Å². The molecule has 0 aliphatic carbocycles. The molecule has 0 fully saturated rings. The number of anilines is 1. The van der Waals surface area contributed by atoms with E-state index in [4.69, 9.17) is 35.0 Å². The molecule has 1 aliphatic heterocycles. The van der Waals surface area contributed by atoms with Gasteiger partial charge in [-0.05, 0) is 71.6 Å². The van der Waals surface area contributed by atoms with Crippen LogP contribution in [0.3, 0.4) is 0 Å². The summed E-state index contributed by atoms with van der Waals surface area (Å²) in [5.41, 5.74) is 5.81. The Morgan fingerprint density at radius 3 is 2.47 bits per heavy atom. The third kappa shape index (κ3) is 8.60. The number of alkyl halides is 1. The predicted molar refractivity (Wildman–Crippen MR) is 196 cm³/mol. The van der Waals surface area contributed by atoms with Gasteiger partial charge in [0.2, 0.25) is 0 Å². The first kappa shape index (κ1) is 38.7. The molecule has 5 rings (SSSR count). The Morgan fingerprint density at radius 1 is 1.08 bits per heavy atom. The van der Waals surface area contributed by atoms with Gasteiger partial charge in [0.1, 0.15) is 30.1 Å². The molecule has 16 nitrogen and oxygen atoms in total. The number of halogens is 1. The van der Waals surface area contributed by atoms with Crippen molar-refractivity contribution in [2.45, 2.75) is 39.2 Å². The molecule has 17 heteroatoms. The predicted octanol–water partition coefficient (Wildman–Crippen LogP) is 4.92. The Bertz CT molecular complexity index is 2070. The molecule has 0 saturated carbocycles. The standard InChI is InChI=1S/C36H43ClN6O10/c1-19-28(33(46)49-8)30-29-21(16-37)17-43(32(45)26-14-20-13-22(9-10-24(20)51-26)50-12-11-41(5)6)23(29)15-25(31(30)38-19)52-35(48)42(7)18-27(44)39-40-34(47)53-36(2,3)4/h9-10,13-15,21,38H,11-12,16-18H2,1-8H3,(H,39,44)(H,40,47)/t21-/m1/s1. The number of ether oxygens (including phenoxy) is 4. The lowest BCUT2D eigenvalue weighted by Gasteiger charge is -2.21. The van der Waals surface area contributed by atoms with E-state index >= 15 is 0 Å². The number of amides is 4. The third-order valence-electron chi connectivity index (χ3n) is 8.27. The van der Waals surface area contributed by atoms with Crippen LogP contribution in [0.2, 0.25) is 0 Å². The molecule has 3 N–H and O–H groups in total. The smallest absolute Gasteiger partial charge is 0.426 e. The first-order chi connectivity index (χ1) is 25.0. The molecule has 1 aliphatic rings. The number of fused-ring (bicyclic) bond motifs is 4. The van der Waals surface area contributed by atoms with Gasteiger partial charge in [0.05, 0.1) is 23.9 Å². The van der Waals surface area contributed by atoms with Gasteiger partial charge in [0, 0.05) is 54.5 Å². The number of methoxy groups -OCH3 is 1. The molecule has 3 heterocycles. The molecule has 0 saturated heterocycles. The highest BCUT2D eigenvalue weighted by atomic mass is 35.5. The topological polar surface area (TPSA) is 185 Å². The second-order valence-corrected chi connectivity index (χ2v) is 14.1. The fourth-order valence-electron chi connectivity index (χ4n) is 5.90. The van der Waals surface area contributed by atoms with Gasteiger partial charge in [-0.25, -0.2) is 19.8 Å². The van der Waals surface area contributed by atoms with E-state index in [0.29, 0.717) is 45.7 Å². The number of nitrogens with one attached hydrogen (secondary N) is 3. The van der Waals surface area contributed by atoms with Crippen LogP contribution in [0.5, 0.6) is 11.5 Å². The minimum Gasteiger partial charge on any atom is -0.492 e. The van der Waals surface area contributed by atoms with Gasteiger partial charge >= 0.3 is 18.2 Å². The van der Waals surface area contributed by atoms with Gasteiger partial charge in [0.15, 0.2) is 11.5 Å². The number of aromatic nitrogens is 1. The summed E-state index contributed by atoms with van der Waals surface area (Å²) < 4.78 is 27.8. The summed E-state index contributed by atoms with van der Waals surface area (Å²) in [6.45, 7) is 7.49. The zero-order valence-electron chi connectivity index (χ0n) is 30.8. The van der Waals surface area contributed by atoms with Crippen molar-refractivity contribution in [2.24, 2.45) is 0 Å². The Kier molecular flexibility index (Phi) is 11.4. The summed E-state index contributed by atoms with van der Waals surface area (Å²) >= 11 is 6.49. The lowest BCUT2D eigenvalue weighted by molar-refractivity contribution is -0.122. The average molecular weight is 755 g/mol. The highest BCUT2D eigenvalue weighted by Gasteiger charge is 2.39. The number of hydrazine groups is 1. The fraction of sp³-hybridized carbons (Fsp3) is 0.417. The number of aryl methyl sites for hydroxylation is 1. The molecule has 0 spiro atoms. The number of esters is 1. The van der Waals surface area contributed by atoms with E-state index in [1.807, 2.05) is 19.0 Å². The number of likely N-dealkylation sites (N-methyl/N-ethyl adjacent to an activating group) is 2. The van der Waals surface area contributed by atoms with Crippen LogP contribution in [-0.4, -0.2) is 111 Å². The maximum Gasteiger partial charge on any atom is 0.426 e. The first-order valence-corrected chi connectivity index (χ1v) is 17.2. The molecule has 2 aromatic carbocycles. The van der Waals surface area contributed by atoms with Crippen LogP contribution in [0, 0.1) is 6.92 Å². The molecular formula is C36H43ClN6O10. The van der Waals surface area contributed by atoms with E-state index in [1.165, 1.54) is 25.1 Å². The molecule has 0 radical (unpaired) electrons. The van der Waals surface area contributed by atoms with Crippen molar-refractivity contribution in [1.82, 2.24) is 25.6 Å². The Hall–Kier alpha value is -5.48. The maximum atomic E-state index is 14.2. The lowest BCUT2D eigenvalue weighted by atomic mass is 9.95. The van der Waals surface area contributed by atoms with Crippen molar-refractivity contribution in [3.8, 4) is 11.5 Å². The number of furan rings is 1. The number of hydrogen-bond acceptors (Lipinski definition) is 11. The summed E-state index contributed by atoms with van der Waals surface area (Å²) in [5, 5.41) is 1.04. The van der Waals surface area contributed by atoms with Gasteiger partial charge in [0.25, 0.3) is 11.8 Å². The minimum atomic E-state index is -0.948. The summed E-state index contributed by atoms with van der Waals surface area (Å²) in [6.07, 6.45) is -1.83. The number of carbonyl (C=O) groups is 5. The van der Waals surface area contributed by atoms with Crippen LogP contribution in [-0.2, 0) is 14.3 Å². The van der Waals surface area contributed by atoms with E-state index in [9.17, 15) is 24.0 Å². The quantitative estimate of drug-likeness (QED) is 0.113. The van der Waals surface area contributed by atoms with E-state index < -0.39 is 48.0 Å². The number of nitrogens with zero attached hydrogens (tertiary/aromatic N) is 3. The van der Waals surface area contributed by atoms with E-state index in [-0.39, 0.29) is 35.0 Å². The fourth-order valence-corrected chi connectivity index (χ4v) is 6.15. The van der Waals surface area contributed by atoms with Gasteiger partial charge in [-0.1, -0.05) is 0 Å². The molecule has 0 bridgehead atoms. The summed E-state index contributed by atoms with van der Waals surface area (Å²) in [7, 11) is 6.47. The van der Waals surface area contributed by atoms with Crippen LogP contribution < -0.4 is 25.2 Å². The van der Waals surface area contributed by atoms with Crippen molar-refractivity contribution in [2.75, 3.05) is 65.3 Å². The number of H-pyrrole nitrogens is 1. The lowest BCUT2D eigenvalue weighted by Crippen LogP contribution is -2.48. The molecular weight excluding hydrogens is 712 g/mol. The molecule has 53 heavy (non-hydrogen) atoms. The third-order valence-corrected chi connectivity index (χ3v) is 8.64. The number of aromatic amines is 1. The number of benzene rings is 2. The van der Waals surface area contributed by atoms with Crippen molar-refractivity contribution in [3.05, 3.63) is 52.9 Å². The summed E-state index contributed by atoms with van der Waals surface area (Å²) in [5.74, 6) is -1.55. The molecule has 4 aromatic rings. The molecule has 2 aromatic heterocycles. The average Bonchev–Trinajstić information content (AvgIpc) is 3.78. The summed E-state index contributed by atoms with van der Waals surface area (Å²) in [6, 6.07) is 8.42. The minimum absolute atomic E-state index is 0.0294. The van der Waals surface area contributed by atoms with Gasteiger partial charge < -0.3 is 43.0 Å². The van der Waals surface area contributed by atoms with Crippen LogP contribution in [0.15, 0.2) is 34.7 Å². The molecule has 4 amide bonds. The zero-order valence-corrected chi connectivity index (χ0v) is 31.6. The van der Waals surface area contributed by atoms with Gasteiger partial charge in [-0.3, -0.25) is 15.0 Å². The maximum absolute atomic E-state index is 14.2. The number of hydrogen-bond donors (Lipinski definition) is 3.